The molecule has 3 aromatic carbocycles. The predicted molar refractivity (Wildman–Crippen MR) is 115 cm³/mol. The molecule has 0 spiro atoms. The molecule has 1 unspecified atom stereocenters. The third-order valence-corrected chi connectivity index (χ3v) is 5.70. The topological polar surface area (TPSA) is 39.3 Å². The molecule has 1 aliphatic carbocycles. The molecule has 3 nitrogen and oxygen atoms in total. The molecule has 0 saturated carbocycles. The van der Waals surface area contributed by atoms with Crippen molar-refractivity contribution in [1.29, 1.82) is 0 Å². The van der Waals surface area contributed by atoms with E-state index in [9.17, 15) is 5.11 Å². The number of rotatable bonds is 4. The van der Waals surface area contributed by atoms with Crippen LogP contribution in [-0.4, -0.2) is 35.6 Å². The minimum absolute atomic E-state index is 0.549. The summed E-state index contributed by atoms with van der Waals surface area (Å²) in [7, 11) is 3.98. The lowest BCUT2D eigenvalue weighted by molar-refractivity contribution is 0.140. The average Bonchev–Trinajstić information content (AvgIpc) is 3.25. The van der Waals surface area contributed by atoms with Gasteiger partial charge in [-0.3, -0.25) is 0 Å². The standard InChI is InChI=1S/C25H24N2O/c1-27(2)15-23(28)24-21-9-5-6-10-22(21)26-25(24)17-11-12-20-18(14-17)13-16-7-3-4-8-19(16)20/h3-12,14,23,26,28H,13,15H2,1-2H3. The van der Waals surface area contributed by atoms with Gasteiger partial charge in [0.1, 0.15) is 0 Å². The van der Waals surface area contributed by atoms with Crippen LogP contribution in [0, 0.1) is 0 Å². The van der Waals surface area contributed by atoms with Crippen LogP contribution in [0.4, 0.5) is 0 Å². The van der Waals surface area contributed by atoms with Crippen molar-refractivity contribution < 1.29 is 5.11 Å². The smallest absolute Gasteiger partial charge is 0.0943 e. The van der Waals surface area contributed by atoms with Crippen LogP contribution in [0.3, 0.4) is 0 Å². The number of aliphatic hydroxyl groups excluding tert-OH is 1. The third kappa shape index (κ3) is 2.75. The number of hydrogen-bond donors (Lipinski definition) is 2. The Bertz CT molecular complexity index is 1170. The first-order chi connectivity index (χ1) is 13.6. The van der Waals surface area contributed by atoms with E-state index in [1.807, 2.05) is 31.1 Å². The first-order valence-electron chi connectivity index (χ1n) is 9.77. The number of aromatic nitrogens is 1. The van der Waals surface area contributed by atoms with Crippen LogP contribution in [0.1, 0.15) is 22.8 Å². The first kappa shape index (κ1) is 17.2. The zero-order chi connectivity index (χ0) is 19.3. The summed E-state index contributed by atoms with van der Waals surface area (Å²) >= 11 is 0. The largest absolute Gasteiger partial charge is 0.387 e. The summed E-state index contributed by atoms with van der Waals surface area (Å²) in [5.41, 5.74) is 9.61. The van der Waals surface area contributed by atoms with E-state index in [2.05, 4.69) is 59.6 Å². The SMILES string of the molecule is CN(C)CC(O)c1c(-c2ccc3c(c2)Cc2ccccc2-3)[nH]c2ccccc12. The number of H-pyrrole nitrogens is 1. The lowest BCUT2D eigenvalue weighted by Gasteiger charge is -2.18. The Morgan fingerprint density at radius 3 is 2.54 bits per heavy atom. The van der Waals surface area contributed by atoms with E-state index in [0.29, 0.717) is 6.54 Å². The lowest BCUT2D eigenvalue weighted by atomic mass is 9.97. The molecule has 0 radical (unpaired) electrons. The number of aliphatic hydroxyl groups is 1. The maximum Gasteiger partial charge on any atom is 0.0943 e. The monoisotopic (exact) mass is 368 g/mol. The molecule has 0 aliphatic heterocycles. The second-order valence-corrected chi connectivity index (χ2v) is 7.94. The number of fused-ring (bicyclic) bond motifs is 4. The number of likely N-dealkylation sites (N-methyl/N-ethyl adjacent to an activating group) is 1. The number of benzene rings is 3. The quantitative estimate of drug-likeness (QED) is 0.468. The van der Waals surface area contributed by atoms with Gasteiger partial charge in [0.25, 0.3) is 0 Å². The van der Waals surface area contributed by atoms with E-state index in [0.717, 1.165) is 34.1 Å². The van der Waals surface area contributed by atoms with Crippen molar-refractivity contribution in [2.24, 2.45) is 0 Å². The molecule has 2 N–H and O–H groups in total. The molecular weight excluding hydrogens is 344 g/mol. The normalized spacial score (nSPS) is 13.7. The van der Waals surface area contributed by atoms with E-state index in [1.165, 1.54) is 22.3 Å². The highest BCUT2D eigenvalue weighted by Gasteiger charge is 2.23. The van der Waals surface area contributed by atoms with Gasteiger partial charge in [-0.1, -0.05) is 54.6 Å². The maximum atomic E-state index is 11.0. The summed E-state index contributed by atoms with van der Waals surface area (Å²) in [6.07, 6.45) is 0.418. The molecule has 28 heavy (non-hydrogen) atoms. The molecule has 1 atom stereocenters. The second-order valence-electron chi connectivity index (χ2n) is 7.94. The summed E-state index contributed by atoms with van der Waals surface area (Å²) in [5, 5.41) is 12.1. The minimum Gasteiger partial charge on any atom is -0.387 e. The molecule has 1 aliphatic rings. The highest BCUT2D eigenvalue weighted by Crippen LogP contribution is 2.41. The summed E-state index contributed by atoms with van der Waals surface area (Å²) in [4.78, 5) is 5.59. The van der Waals surface area contributed by atoms with Crippen molar-refractivity contribution in [1.82, 2.24) is 9.88 Å². The van der Waals surface area contributed by atoms with Gasteiger partial charge in [-0.15, -0.1) is 0 Å². The zero-order valence-electron chi connectivity index (χ0n) is 16.2. The molecule has 4 aromatic rings. The molecule has 0 amide bonds. The average molecular weight is 368 g/mol. The highest BCUT2D eigenvalue weighted by molar-refractivity contribution is 5.92. The van der Waals surface area contributed by atoms with Gasteiger partial charge in [0, 0.05) is 23.0 Å². The van der Waals surface area contributed by atoms with Gasteiger partial charge in [-0.2, -0.15) is 0 Å². The molecule has 0 saturated heterocycles. The van der Waals surface area contributed by atoms with E-state index in [-0.39, 0.29) is 0 Å². The van der Waals surface area contributed by atoms with Gasteiger partial charge in [-0.25, -0.2) is 0 Å². The summed E-state index contributed by atoms with van der Waals surface area (Å²) in [6.45, 7) is 0.589. The fourth-order valence-corrected chi connectivity index (χ4v) is 4.48. The van der Waals surface area contributed by atoms with E-state index >= 15 is 0 Å². The zero-order valence-corrected chi connectivity index (χ0v) is 16.2. The summed E-state index contributed by atoms with van der Waals surface area (Å²) in [5.74, 6) is 0. The number of hydrogen-bond acceptors (Lipinski definition) is 2. The molecule has 5 rings (SSSR count). The van der Waals surface area contributed by atoms with Gasteiger partial charge < -0.3 is 15.0 Å². The Balaban J connectivity index is 1.65. The Hall–Kier alpha value is -2.88. The third-order valence-electron chi connectivity index (χ3n) is 5.70. The van der Waals surface area contributed by atoms with Crippen molar-refractivity contribution in [3.63, 3.8) is 0 Å². The number of para-hydroxylation sites is 1. The van der Waals surface area contributed by atoms with Crippen LogP contribution >= 0.6 is 0 Å². The van der Waals surface area contributed by atoms with E-state index < -0.39 is 6.10 Å². The summed E-state index contributed by atoms with van der Waals surface area (Å²) < 4.78 is 0. The van der Waals surface area contributed by atoms with Crippen molar-refractivity contribution in [3.05, 3.63) is 83.4 Å². The number of nitrogens with zero attached hydrogens (tertiary/aromatic N) is 1. The Kier molecular flexibility index (Phi) is 4.08. The molecule has 0 fully saturated rings. The molecule has 1 heterocycles. The molecular formula is C25H24N2O. The summed E-state index contributed by atoms with van der Waals surface area (Å²) in [6, 6.07) is 23.6. The predicted octanol–water partition coefficient (Wildman–Crippen LogP) is 5.00. The van der Waals surface area contributed by atoms with Crippen molar-refractivity contribution in [3.8, 4) is 22.4 Å². The van der Waals surface area contributed by atoms with Gasteiger partial charge in [-0.05, 0) is 60.5 Å². The van der Waals surface area contributed by atoms with Crippen LogP contribution in [0.25, 0.3) is 33.3 Å². The second kappa shape index (κ2) is 6.62. The number of nitrogens with one attached hydrogen (secondary N) is 1. The molecule has 1 aromatic heterocycles. The van der Waals surface area contributed by atoms with Gasteiger partial charge >= 0.3 is 0 Å². The van der Waals surface area contributed by atoms with Crippen LogP contribution in [0.5, 0.6) is 0 Å². The Labute approximate surface area is 165 Å². The van der Waals surface area contributed by atoms with Gasteiger partial charge in [0.15, 0.2) is 0 Å². The minimum atomic E-state index is -0.549. The van der Waals surface area contributed by atoms with Crippen molar-refractivity contribution in [2.45, 2.75) is 12.5 Å². The maximum absolute atomic E-state index is 11.0. The van der Waals surface area contributed by atoms with Crippen molar-refractivity contribution >= 4 is 10.9 Å². The van der Waals surface area contributed by atoms with Crippen LogP contribution < -0.4 is 0 Å². The fraction of sp³-hybridized carbons (Fsp3) is 0.200. The van der Waals surface area contributed by atoms with Gasteiger partial charge in [0.05, 0.1) is 11.8 Å². The van der Waals surface area contributed by atoms with Crippen LogP contribution in [0.2, 0.25) is 0 Å². The van der Waals surface area contributed by atoms with E-state index in [1.54, 1.807) is 0 Å². The first-order valence-corrected chi connectivity index (χ1v) is 9.77. The fourth-order valence-electron chi connectivity index (χ4n) is 4.48. The lowest BCUT2D eigenvalue weighted by Crippen LogP contribution is -2.20. The van der Waals surface area contributed by atoms with Crippen LogP contribution in [-0.2, 0) is 6.42 Å². The number of aromatic amines is 1. The Morgan fingerprint density at radius 2 is 1.68 bits per heavy atom. The highest BCUT2D eigenvalue weighted by atomic mass is 16.3. The van der Waals surface area contributed by atoms with E-state index in [4.69, 9.17) is 0 Å². The molecule has 140 valence electrons. The Morgan fingerprint density at radius 1 is 0.929 bits per heavy atom. The van der Waals surface area contributed by atoms with Crippen LogP contribution in [0.15, 0.2) is 66.7 Å². The molecule has 0 bridgehead atoms. The molecule has 3 heteroatoms. The van der Waals surface area contributed by atoms with Gasteiger partial charge in [0.2, 0.25) is 0 Å². The van der Waals surface area contributed by atoms with Crippen molar-refractivity contribution in [2.75, 3.05) is 20.6 Å².